The van der Waals surface area contributed by atoms with Gasteiger partial charge in [0.2, 0.25) is 5.91 Å². The quantitative estimate of drug-likeness (QED) is 0.302. The molecule has 0 saturated carbocycles. The van der Waals surface area contributed by atoms with E-state index in [0.29, 0.717) is 24.5 Å². The van der Waals surface area contributed by atoms with Gasteiger partial charge in [0.25, 0.3) is 11.8 Å². The van der Waals surface area contributed by atoms with Gasteiger partial charge in [0, 0.05) is 40.9 Å². The summed E-state index contributed by atoms with van der Waals surface area (Å²) in [5, 5.41) is 7.90. The van der Waals surface area contributed by atoms with E-state index in [1.165, 1.54) is 0 Å². The molecule has 3 amide bonds. The predicted octanol–water partition coefficient (Wildman–Crippen LogP) is 4.60. The molecule has 4 N–H and O–H groups in total. The molecule has 8 nitrogen and oxygen atoms in total. The summed E-state index contributed by atoms with van der Waals surface area (Å²) in [6.45, 7) is 6.76. The second-order valence-electron chi connectivity index (χ2n) is 11.2. The number of nitrogens with one attached hydrogen (secondary N) is 4. The standard InChI is InChI=1S/C30H35N5O3/c1-30(2,3)26(34-27(36)24-16-19-10-4-6-13-22(19)32-24)28(37)31-18-21-12-8-9-15-35(21)29(38)25-17-20-11-5-7-14-23(20)33-25/h4-7,10-11,13-14,16-17,21,26,32-33H,8-9,12,15,18H2,1-3H3,(H,31,37)(H,34,36)/t21?,26-/m1/s1. The van der Waals surface area contributed by atoms with Gasteiger partial charge >= 0.3 is 0 Å². The first-order valence-corrected chi connectivity index (χ1v) is 13.3. The monoisotopic (exact) mass is 513 g/mol. The van der Waals surface area contributed by atoms with Gasteiger partial charge in [-0.2, -0.15) is 0 Å². The number of amides is 3. The van der Waals surface area contributed by atoms with Crippen LogP contribution in [0.4, 0.5) is 0 Å². The van der Waals surface area contributed by atoms with E-state index in [0.717, 1.165) is 41.1 Å². The molecule has 0 spiro atoms. The molecule has 4 aromatic rings. The van der Waals surface area contributed by atoms with Crippen LogP contribution in [-0.2, 0) is 4.79 Å². The molecule has 1 aliphatic rings. The van der Waals surface area contributed by atoms with Crippen molar-refractivity contribution in [2.45, 2.75) is 52.1 Å². The van der Waals surface area contributed by atoms with Crippen LogP contribution in [0.2, 0.25) is 0 Å². The summed E-state index contributed by atoms with van der Waals surface area (Å²) in [7, 11) is 0. The molecule has 2 aromatic carbocycles. The van der Waals surface area contributed by atoms with Gasteiger partial charge in [0.05, 0.1) is 0 Å². The number of likely N-dealkylation sites (tertiary alicyclic amines) is 1. The van der Waals surface area contributed by atoms with E-state index >= 15 is 0 Å². The first kappa shape index (κ1) is 25.6. The number of carbonyl (C=O) groups excluding carboxylic acids is 3. The number of nitrogens with zero attached hydrogens (tertiary/aromatic N) is 1. The van der Waals surface area contributed by atoms with E-state index in [2.05, 4.69) is 20.6 Å². The second-order valence-corrected chi connectivity index (χ2v) is 11.2. The second kappa shape index (κ2) is 10.4. The van der Waals surface area contributed by atoms with Gasteiger partial charge in [-0.3, -0.25) is 14.4 Å². The van der Waals surface area contributed by atoms with Gasteiger partial charge in [-0.05, 0) is 48.9 Å². The van der Waals surface area contributed by atoms with Crippen LogP contribution in [0.1, 0.15) is 61.0 Å². The molecule has 1 unspecified atom stereocenters. The molecule has 2 atom stereocenters. The molecule has 0 radical (unpaired) electrons. The summed E-state index contributed by atoms with van der Waals surface area (Å²) < 4.78 is 0. The highest BCUT2D eigenvalue weighted by Crippen LogP contribution is 2.24. The molecule has 198 valence electrons. The molecule has 1 saturated heterocycles. The van der Waals surface area contributed by atoms with Crippen LogP contribution in [-0.4, -0.2) is 57.8 Å². The highest BCUT2D eigenvalue weighted by molar-refractivity contribution is 6.00. The maximum Gasteiger partial charge on any atom is 0.270 e. The van der Waals surface area contributed by atoms with Gasteiger partial charge < -0.3 is 25.5 Å². The fourth-order valence-corrected chi connectivity index (χ4v) is 5.22. The Hall–Kier alpha value is -4.07. The number of aromatic amines is 2. The molecule has 1 aliphatic heterocycles. The SMILES string of the molecule is CC(C)(C)[C@H](NC(=O)c1cc2ccccc2[nH]1)C(=O)NCC1CCCCN1C(=O)c1cc2ccccc2[nH]1. The average molecular weight is 514 g/mol. The molecule has 1 fully saturated rings. The summed E-state index contributed by atoms with van der Waals surface area (Å²) in [6.07, 6.45) is 2.74. The number of piperidine rings is 1. The lowest BCUT2D eigenvalue weighted by Gasteiger charge is -2.36. The first-order valence-electron chi connectivity index (χ1n) is 13.3. The Morgan fingerprint density at radius 3 is 2.16 bits per heavy atom. The molecule has 38 heavy (non-hydrogen) atoms. The van der Waals surface area contributed by atoms with Crippen molar-refractivity contribution in [3.8, 4) is 0 Å². The molecule has 2 aromatic heterocycles. The summed E-state index contributed by atoms with van der Waals surface area (Å²) in [6, 6.07) is 18.3. The number of hydrogen-bond acceptors (Lipinski definition) is 3. The van der Waals surface area contributed by atoms with E-state index < -0.39 is 11.5 Å². The van der Waals surface area contributed by atoms with Crippen molar-refractivity contribution in [2.75, 3.05) is 13.1 Å². The number of para-hydroxylation sites is 2. The van der Waals surface area contributed by atoms with Crippen molar-refractivity contribution in [2.24, 2.45) is 5.41 Å². The Bertz CT molecular complexity index is 1410. The fraction of sp³-hybridized carbons (Fsp3) is 0.367. The van der Waals surface area contributed by atoms with Crippen molar-refractivity contribution in [1.82, 2.24) is 25.5 Å². The number of benzene rings is 2. The van der Waals surface area contributed by atoms with Crippen LogP contribution in [0.15, 0.2) is 60.7 Å². The van der Waals surface area contributed by atoms with Crippen LogP contribution in [0.25, 0.3) is 21.8 Å². The summed E-state index contributed by atoms with van der Waals surface area (Å²) >= 11 is 0. The summed E-state index contributed by atoms with van der Waals surface area (Å²) in [4.78, 5) is 48.1. The molecule has 0 aliphatic carbocycles. The topological polar surface area (TPSA) is 110 Å². The van der Waals surface area contributed by atoms with Crippen molar-refractivity contribution in [3.63, 3.8) is 0 Å². The lowest BCUT2D eigenvalue weighted by molar-refractivity contribution is -0.125. The maximum absolute atomic E-state index is 13.4. The number of rotatable bonds is 6. The lowest BCUT2D eigenvalue weighted by Crippen LogP contribution is -2.56. The minimum atomic E-state index is -0.747. The van der Waals surface area contributed by atoms with Crippen LogP contribution in [0.3, 0.4) is 0 Å². The third kappa shape index (κ3) is 5.30. The number of carbonyl (C=O) groups is 3. The Balaban J connectivity index is 1.26. The minimum Gasteiger partial charge on any atom is -0.352 e. The summed E-state index contributed by atoms with van der Waals surface area (Å²) in [5.74, 6) is -0.644. The molecular formula is C30H35N5O3. The van der Waals surface area contributed by atoms with E-state index in [4.69, 9.17) is 0 Å². The maximum atomic E-state index is 13.4. The third-order valence-electron chi connectivity index (χ3n) is 7.34. The molecule has 0 bridgehead atoms. The molecule has 5 rings (SSSR count). The van der Waals surface area contributed by atoms with E-state index in [1.807, 2.05) is 80.3 Å². The van der Waals surface area contributed by atoms with Crippen molar-refractivity contribution >= 4 is 39.5 Å². The van der Waals surface area contributed by atoms with E-state index in [9.17, 15) is 14.4 Å². The van der Waals surface area contributed by atoms with Crippen molar-refractivity contribution in [1.29, 1.82) is 0 Å². The van der Waals surface area contributed by atoms with Crippen molar-refractivity contribution < 1.29 is 14.4 Å². The largest absolute Gasteiger partial charge is 0.352 e. The Morgan fingerprint density at radius 2 is 1.53 bits per heavy atom. The van der Waals surface area contributed by atoms with Crippen LogP contribution in [0, 0.1) is 5.41 Å². The van der Waals surface area contributed by atoms with Gasteiger partial charge in [-0.25, -0.2) is 0 Å². The zero-order valence-electron chi connectivity index (χ0n) is 22.1. The zero-order chi connectivity index (χ0) is 26.9. The smallest absolute Gasteiger partial charge is 0.270 e. The van der Waals surface area contributed by atoms with Gasteiger partial charge in [-0.1, -0.05) is 57.2 Å². The average Bonchev–Trinajstić information content (AvgIpc) is 3.54. The number of aromatic nitrogens is 2. The van der Waals surface area contributed by atoms with E-state index in [-0.39, 0.29) is 23.8 Å². The number of H-pyrrole nitrogens is 2. The highest BCUT2D eigenvalue weighted by Gasteiger charge is 2.35. The predicted molar refractivity (Wildman–Crippen MR) is 149 cm³/mol. The molecule has 8 heteroatoms. The van der Waals surface area contributed by atoms with Crippen LogP contribution < -0.4 is 10.6 Å². The normalized spacial score (nSPS) is 16.9. The molecular weight excluding hydrogens is 478 g/mol. The van der Waals surface area contributed by atoms with Gasteiger partial charge in [-0.15, -0.1) is 0 Å². The third-order valence-corrected chi connectivity index (χ3v) is 7.34. The van der Waals surface area contributed by atoms with Crippen molar-refractivity contribution in [3.05, 3.63) is 72.1 Å². The number of hydrogen-bond donors (Lipinski definition) is 4. The van der Waals surface area contributed by atoms with E-state index in [1.54, 1.807) is 6.07 Å². The lowest BCUT2D eigenvalue weighted by atomic mass is 9.86. The highest BCUT2D eigenvalue weighted by atomic mass is 16.2. The Morgan fingerprint density at radius 1 is 0.921 bits per heavy atom. The van der Waals surface area contributed by atoms with Crippen LogP contribution in [0.5, 0.6) is 0 Å². The minimum absolute atomic E-state index is 0.0559. The van der Waals surface area contributed by atoms with Gasteiger partial charge in [0.1, 0.15) is 17.4 Å². The first-order chi connectivity index (χ1) is 18.2. The Kier molecular flexibility index (Phi) is 6.97. The Labute approximate surface area is 222 Å². The van der Waals surface area contributed by atoms with Gasteiger partial charge in [0.15, 0.2) is 0 Å². The summed E-state index contributed by atoms with van der Waals surface area (Å²) in [5.41, 5.74) is 2.25. The van der Waals surface area contributed by atoms with Crippen LogP contribution >= 0.6 is 0 Å². The number of fused-ring (bicyclic) bond motifs is 2. The molecule has 3 heterocycles. The fourth-order valence-electron chi connectivity index (χ4n) is 5.22. The zero-order valence-corrected chi connectivity index (χ0v) is 22.1.